The third kappa shape index (κ3) is 4.73. The molecule has 8 heteroatoms. The van der Waals surface area contributed by atoms with Crippen molar-refractivity contribution in [2.75, 3.05) is 39.5 Å². The van der Waals surface area contributed by atoms with E-state index in [-0.39, 0.29) is 43.1 Å². The molecule has 2 aliphatic rings. The Morgan fingerprint density at radius 1 is 1.08 bits per heavy atom. The molecule has 1 N–H and O–H groups in total. The number of H-pyrrole nitrogens is 1. The number of nitrogens with one attached hydrogen (secondary N) is 1. The molecule has 0 spiro atoms. The quantitative estimate of drug-likeness (QED) is 0.394. The fourth-order valence-corrected chi connectivity index (χ4v) is 5.63. The molecular weight excluding hydrogens is 470 g/mol. The lowest BCUT2D eigenvalue weighted by molar-refractivity contribution is 0.0642. The maximum absolute atomic E-state index is 15.6. The smallest absolute Gasteiger partial charge is 0.200 e. The summed E-state index contributed by atoms with van der Waals surface area (Å²) in [6.45, 7) is 6.75. The average molecular weight is 504 g/mol. The Morgan fingerprint density at radius 2 is 1.83 bits per heavy atom. The maximum atomic E-state index is 15.6. The van der Waals surface area contributed by atoms with Crippen molar-refractivity contribution in [1.29, 1.82) is 0 Å². The van der Waals surface area contributed by atoms with Crippen molar-refractivity contribution in [2.24, 2.45) is 5.92 Å². The topological polar surface area (TPSA) is 31.5 Å². The first-order valence-corrected chi connectivity index (χ1v) is 12.6. The monoisotopic (exact) mass is 503 g/mol. The molecule has 0 radical (unpaired) electrons. The number of hydrogen-bond acceptors (Lipinski definition) is 3. The highest BCUT2D eigenvalue weighted by molar-refractivity contribution is 5.85. The molecule has 2 atom stereocenters. The highest BCUT2D eigenvalue weighted by Crippen LogP contribution is 2.43. The van der Waals surface area contributed by atoms with Crippen LogP contribution in [0.3, 0.4) is 0 Å². The summed E-state index contributed by atoms with van der Waals surface area (Å²) in [6, 6.07) is 10.1. The van der Waals surface area contributed by atoms with Crippen LogP contribution in [0, 0.1) is 17.6 Å². The SMILES string of the molecule is C[C@@H]1Cc2c([nH]c3ccccc23)C(c2ccc(OCCN3CC(CF)C3)c(F)c2F)N1CC(C)(C)F. The second-order valence-electron chi connectivity index (χ2n) is 10.8. The summed E-state index contributed by atoms with van der Waals surface area (Å²) in [5.74, 6) is -2.13. The van der Waals surface area contributed by atoms with E-state index in [1.54, 1.807) is 6.07 Å². The van der Waals surface area contributed by atoms with Crippen LogP contribution in [0.1, 0.15) is 43.6 Å². The summed E-state index contributed by atoms with van der Waals surface area (Å²) in [7, 11) is 0. The molecule has 2 aliphatic heterocycles. The standard InChI is InChI=1S/C28H33F4N3O/c1-17-12-21-19-6-4-5-7-22(19)33-26(21)27(35(17)16-28(2,3)32)20-8-9-23(25(31)24(20)30)36-11-10-34-14-18(13-29)15-34/h4-9,17-18,27,33H,10-16H2,1-3H3/t17-,27?/m1/s1. The molecule has 2 aromatic carbocycles. The fraction of sp³-hybridized carbons (Fsp3) is 0.500. The van der Waals surface area contributed by atoms with E-state index in [4.69, 9.17) is 4.74 Å². The molecule has 0 aliphatic carbocycles. The number of ether oxygens (including phenoxy) is 1. The summed E-state index contributed by atoms with van der Waals surface area (Å²) in [4.78, 5) is 7.35. The van der Waals surface area contributed by atoms with E-state index in [1.807, 2.05) is 41.0 Å². The molecule has 0 bridgehead atoms. The average Bonchev–Trinajstić information content (AvgIpc) is 3.16. The highest BCUT2D eigenvalue weighted by atomic mass is 19.2. The molecule has 1 fully saturated rings. The maximum Gasteiger partial charge on any atom is 0.200 e. The first kappa shape index (κ1) is 25.1. The Labute approximate surface area is 209 Å². The van der Waals surface area contributed by atoms with E-state index in [0.29, 0.717) is 26.1 Å². The van der Waals surface area contributed by atoms with Crippen molar-refractivity contribution in [3.63, 3.8) is 0 Å². The molecule has 1 saturated heterocycles. The lowest BCUT2D eigenvalue weighted by Crippen LogP contribution is -2.49. The Balaban J connectivity index is 1.46. The number of aromatic nitrogens is 1. The summed E-state index contributed by atoms with van der Waals surface area (Å²) < 4.78 is 63.9. The van der Waals surface area contributed by atoms with Gasteiger partial charge in [0.15, 0.2) is 11.6 Å². The largest absolute Gasteiger partial charge is 0.489 e. The van der Waals surface area contributed by atoms with Crippen LogP contribution in [0.4, 0.5) is 17.6 Å². The molecular formula is C28H33F4N3O. The van der Waals surface area contributed by atoms with Crippen LogP contribution >= 0.6 is 0 Å². The van der Waals surface area contributed by atoms with Gasteiger partial charge in [0.2, 0.25) is 5.82 Å². The first-order valence-electron chi connectivity index (χ1n) is 12.6. The first-order chi connectivity index (χ1) is 17.2. The Morgan fingerprint density at radius 3 is 2.56 bits per heavy atom. The van der Waals surface area contributed by atoms with Gasteiger partial charge in [-0.25, -0.2) is 8.78 Å². The second kappa shape index (κ2) is 9.71. The molecule has 1 aromatic heterocycles. The number of nitrogens with zero attached hydrogens (tertiary/aromatic N) is 2. The molecule has 1 unspecified atom stereocenters. The lowest BCUT2D eigenvalue weighted by atomic mass is 9.87. The zero-order valence-electron chi connectivity index (χ0n) is 21.0. The number of alkyl halides is 2. The van der Waals surface area contributed by atoms with Gasteiger partial charge in [-0.15, -0.1) is 0 Å². The summed E-state index contributed by atoms with van der Waals surface area (Å²) >= 11 is 0. The van der Waals surface area contributed by atoms with Crippen molar-refractivity contribution < 1.29 is 22.3 Å². The molecule has 0 amide bonds. The number of likely N-dealkylation sites (tertiary alicyclic amines) is 1. The lowest BCUT2D eigenvalue weighted by Gasteiger charge is -2.43. The van der Waals surface area contributed by atoms with E-state index in [1.165, 1.54) is 19.9 Å². The van der Waals surface area contributed by atoms with Crippen LogP contribution < -0.4 is 4.74 Å². The minimum absolute atomic E-state index is 0.0584. The van der Waals surface area contributed by atoms with Gasteiger partial charge in [-0.05, 0) is 44.9 Å². The van der Waals surface area contributed by atoms with Gasteiger partial charge in [0.25, 0.3) is 0 Å². The fourth-order valence-electron chi connectivity index (χ4n) is 5.63. The molecule has 3 aromatic rings. The van der Waals surface area contributed by atoms with E-state index in [9.17, 15) is 8.78 Å². The van der Waals surface area contributed by atoms with Crippen LogP contribution in [0.5, 0.6) is 5.75 Å². The Kier molecular flexibility index (Phi) is 6.76. The van der Waals surface area contributed by atoms with Crippen molar-refractivity contribution in [3.05, 3.63) is 64.9 Å². The van der Waals surface area contributed by atoms with E-state index in [0.717, 1.165) is 22.2 Å². The third-order valence-electron chi connectivity index (χ3n) is 7.36. The number of halogens is 4. The molecule has 0 saturated carbocycles. The molecule has 4 nitrogen and oxygen atoms in total. The van der Waals surface area contributed by atoms with Gasteiger partial charge in [-0.2, -0.15) is 4.39 Å². The predicted molar refractivity (Wildman–Crippen MR) is 133 cm³/mol. The van der Waals surface area contributed by atoms with Gasteiger partial charge in [-0.1, -0.05) is 24.3 Å². The van der Waals surface area contributed by atoms with Gasteiger partial charge >= 0.3 is 0 Å². The molecule has 194 valence electrons. The van der Waals surface area contributed by atoms with Gasteiger partial charge in [0.1, 0.15) is 12.3 Å². The van der Waals surface area contributed by atoms with E-state index >= 15 is 8.78 Å². The number of benzene rings is 2. The summed E-state index contributed by atoms with van der Waals surface area (Å²) in [5, 5.41) is 1.05. The summed E-state index contributed by atoms with van der Waals surface area (Å²) in [6.07, 6.45) is 0.678. The van der Waals surface area contributed by atoms with E-state index < -0.39 is 23.3 Å². The van der Waals surface area contributed by atoms with Gasteiger partial charge < -0.3 is 9.72 Å². The zero-order chi connectivity index (χ0) is 25.6. The van der Waals surface area contributed by atoms with Crippen LogP contribution in [0.25, 0.3) is 10.9 Å². The predicted octanol–water partition coefficient (Wildman–Crippen LogP) is 5.81. The van der Waals surface area contributed by atoms with Crippen molar-refractivity contribution >= 4 is 10.9 Å². The minimum Gasteiger partial charge on any atom is -0.489 e. The van der Waals surface area contributed by atoms with Gasteiger partial charge in [0.05, 0.1) is 12.7 Å². The molecule has 5 rings (SSSR count). The van der Waals surface area contributed by atoms with Crippen molar-refractivity contribution in [3.8, 4) is 5.75 Å². The van der Waals surface area contributed by atoms with Crippen molar-refractivity contribution in [1.82, 2.24) is 14.8 Å². The Hall–Kier alpha value is -2.58. The number of aromatic amines is 1. The highest BCUT2D eigenvalue weighted by Gasteiger charge is 2.40. The van der Waals surface area contributed by atoms with Crippen LogP contribution in [-0.2, 0) is 6.42 Å². The number of fused-ring (bicyclic) bond motifs is 3. The molecule has 36 heavy (non-hydrogen) atoms. The minimum atomic E-state index is -1.52. The van der Waals surface area contributed by atoms with Crippen LogP contribution in [0.2, 0.25) is 0 Å². The van der Waals surface area contributed by atoms with E-state index in [2.05, 4.69) is 4.98 Å². The van der Waals surface area contributed by atoms with Gasteiger partial charge in [0, 0.05) is 60.3 Å². The van der Waals surface area contributed by atoms with Crippen molar-refractivity contribution in [2.45, 2.75) is 44.9 Å². The van der Waals surface area contributed by atoms with Gasteiger partial charge in [-0.3, -0.25) is 14.2 Å². The Bertz CT molecular complexity index is 1230. The summed E-state index contributed by atoms with van der Waals surface area (Å²) in [5.41, 5.74) is 1.37. The molecule has 3 heterocycles. The second-order valence-corrected chi connectivity index (χ2v) is 10.8. The number of hydrogen-bond donors (Lipinski definition) is 1. The van der Waals surface area contributed by atoms with Crippen LogP contribution in [0.15, 0.2) is 36.4 Å². The zero-order valence-corrected chi connectivity index (χ0v) is 21.0. The number of rotatable bonds is 8. The normalized spacial score (nSPS) is 21.5. The third-order valence-corrected chi connectivity index (χ3v) is 7.36. The van der Waals surface area contributed by atoms with Crippen LogP contribution in [-0.4, -0.2) is 66.0 Å². The number of para-hydroxylation sites is 1.